The van der Waals surface area contributed by atoms with Crippen molar-refractivity contribution in [1.82, 2.24) is 20.0 Å². The molecule has 0 amide bonds. The summed E-state index contributed by atoms with van der Waals surface area (Å²) in [5.41, 5.74) is 0.449. The summed E-state index contributed by atoms with van der Waals surface area (Å²) in [6.07, 6.45) is 1.26. The molecule has 0 aromatic rings. The number of hydrogen-bond donors (Lipinski definition) is 1. The van der Waals surface area contributed by atoms with Gasteiger partial charge in [0.15, 0.2) is 0 Å². The van der Waals surface area contributed by atoms with Crippen LogP contribution in [0, 0.1) is 5.41 Å². The van der Waals surface area contributed by atoms with E-state index in [1.54, 1.807) is 0 Å². The molecule has 0 spiro atoms. The minimum Gasteiger partial charge on any atom is -0.315 e. The number of nitrogens with zero attached hydrogens (tertiary/aromatic N) is 3. The highest BCUT2D eigenvalue weighted by Crippen LogP contribution is 2.16. The van der Waals surface area contributed by atoms with E-state index in [0.717, 1.165) is 13.1 Å². The summed E-state index contributed by atoms with van der Waals surface area (Å²) >= 11 is 0. The maximum Gasteiger partial charge on any atom is 0.0110 e. The van der Waals surface area contributed by atoms with Crippen LogP contribution in [-0.4, -0.2) is 87.7 Å². The molecule has 1 rings (SSSR count). The second-order valence-electron chi connectivity index (χ2n) is 7.55. The second-order valence-corrected chi connectivity index (χ2v) is 7.55. The summed E-state index contributed by atoms with van der Waals surface area (Å²) in [6, 6.07) is 0. The highest BCUT2D eigenvalue weighted by molar-refractivity contribution is 4.73. The molecule has 1 fully saturated rings. The first-order valence-electron chi connectivity index (χ1n) is 8.17. The molecule has 1 heterocycles. The van der Waals surface area contributed by atoms with Crippen molar-refractivity contribution in [2.24, 2.45) is 5.41 Å². The monoisotopic (exact) mass is 284 g/mol. The van der Waals surface area contributed by atoms with E-state index in [4.69, 9.17) is 0 Å². The Bertz CT molecular complexity index is 239. The van der Waals surface area contributed by atoms with Gasteiger partial charge in [-0.1, -0.05) is 20.8 Å². The molecule has 0 bridgehead atoms. The van der Waals surface area contributed by atoms with Crippen LogP contribution in [0.5, 0.6) is 0 Å². The second kappa shape index (κ2) is 8.98. The van der Waals surface area contributed by atoms with Crippen LogP contribution >= 0.6 is 0 Å². The van der Waals surface area contributed by atoms with Crippen molar-refractivity contribution in [3.63, 3.8) is 0 Å². The van der Waals surface area contributed by atoms with Crippen LogP contribution in [0.4, 0.5) is 0 Å². The first-order valence-corrected chi connectivity index (χ1v) is 8.17. The van der Waals surface area contributed by atoms with E-state index in [2.05, 4.69) is 54.9 Å². The van der Waals surface area contributed by atoms with Crippen molar-refractivity contribution in [1.29, 1.82) is 0 Å². The Morgan fingerprint density at radius 1 is 0.900 bits per heavy atom. The van der Waals surface area contributed by atoms with Crippen molar-refractivity contribution >= 4 is 0 Å². The molecular weight excluding hydrogens is 248 g/mol. The van der Waals surface area contributed by atoms with Gasteiger partial charge in [0.1, 0.15) is 0 Å². The van der Waals surface area contributed by atoms with E-state index in [1.165, 1.54) is 52.2 Å². The van der Waals surface area contributed by atoms with Crippen molar-refractivity contribution in [3.8, 4) is 0 Å². The number of hydrogen-bond acceptors (Lipinski definition) is 4. The predicted octanol–water partition coefficient (Wildman–Crippen LogP) is 1.19. The molecule has 4 nitrogen and oxygen atoms in total. The van der Waals surface area contributed by atoms with Crippen LogP contribution in [0.3, 0.4) is 0 Å². The third-order valence-corrected chi connectivity index (χ3v) is 3.98. The molecule has 120 valence electrons. The fourth-order valence-electron chi connectivity index (χ4n) is 2.40. The topological polar surface area (TPSA) is 21.8 Å². The summed E-state index contributed by atoms with van der Waals surface area (Å²) in [4.78, 5) is 7.45. The molecule has 1 N–H and O–H groups in total. The zero-order valence-electron chi connectivity index (χ0n) is 14.4. The zero-order valence-corrected chi connectivity index (χ0v) is 14.4. The van der Waals surface area contributed by atoms with Gasteiger partial charge >= 0.3 is 0 Å². The normalized spacial score (nSPS) is 18.9. The molecular formula is C16H36N4. The van der Waals surface area contributed by atoms with Crippen molar-refractivity contribution in [2.75, 3.05) is 73.0 Å². The van der Waals surface area contributed by atoms with E-state index in [0.29, 0.717) is 5.41 Å². The molecule has 1 saturated heterocycles. The van der Waals surface area contributed by atoms with Gasteiger partial charge in [0.05, 0.1) is 0 Å². The molecule has 1 aliphatic heterocycles. The van der Waals surface area contributed by atoms with Crippen molar-refractivity contribution < 1.29 is 0 Å². The fourth-order valence-corrected chi connectivity index (χ4v) is 2.40. The molecule has 0 aromatic carbocycles. The van der Waals surface area contributed by atoms with Crippen LogP contribution in [-0.2, 0) is 0 Å². The zero-order chi connectivity index (χ0) is 15.0. The number of nitrogens with one attached hydrogen (secondary N) is 1. The average Bonchev–Trinajstić information content (AvgIpc) is 2.36. The Balaban J connectivity index is 1.99. The summed E-state index contributed by atoms with van der Waals surface area (Å²) < 4.78 is 0. The molecule has 0 radical (unpaired) electrons. The molecule has 20 heavy (non-hydrogen) atoms. The van der Waals surface area contributed by atoms with Gasteiger partial charge in [-0.2, -0.15) is 0 Å². The number of piperazine rings is 1. The van der Waals surface area contributed by atoms with Gasteiger partial charge in [-0.05, 0) is 32.5 Å². The Labute approximate surface area is 126 Å². The largest absolute Gasteiger partial charge is 0.315 e. The Kier molecular flexibility index (Phi) is 8.03. The van der Waals surface area contributed by atoms with Gasteiger partial charge in [0, 0.05) is 52.4 Å². The SMILES string of the molecule is CN(C)CCN1CCN(CCNCCC(C)(C)C)CC1. The third kappa shape index (κ3) is 8.90. The molecule has 4 heteroatoms. The minimum atomic E-state index is 0.449. The highest BCUT2D eigenvalue weighted by atomic mass is 15.3. The first kappa shape index (κ1) is 17.9. The molecule has 1 aliphatic rings. The first-order chi connectivity index (χ1) is 9.37. The highest BCUT2D eigenvalue weighted by Gasteiger charge is 2.16. The van der Waals surface area contributed by atoms with Crippen LogP contribution in [0.25, 0.3) is 0 Å². The van der Waals surface area contributed by atoms with Crippen LogP contribution in [0.2, 0.25) is 0 Å². The summed E-state index contributed by atoms with van der Waals surface area (Å²) in [7, 11) is 4.30. The smallest absolute Gasteiger partial charge is 0.0110 e. The van der Waals surface area contributed by atoms with Gasteiger partial charge < -0.3 is 10.2 Å². The van der Waals surface area contributed by atoms with E-state index in [-0.39, 0.29) is 0 Å². The van der Waals surface area contributed by atoms with Gasteiger partial charge in [-0.15, -0.1) is 0 Å². The number of likely N-dealkylation sites (N-methyl/N-ethyl adjacent to an activating group) is 1. The maximum atomic E-state index is 3.58. The molecule has 0 atom stereocenters. The lowest BCUT2D eigenvalue weighted by atomic mass is 9.92. The summed E-state index contributed by atoms with van der Waals surface area (Å²) in [5.74, 6) is 0. The van der Waals surface area contributed by atoms with E-state index >= 15 is 0 Å². The molecule has 0 aromatic heterocycles. The Morgan fingerprint density at radius 2 is 1.45 bits per heavy atom. The van der Waals surface area contributed by atoms with Gasteiger partial charge in [0.2, 0.25) is 0 Å². The standard InChI is InChI=1S/C16H36N4/c1-16(2,3)6-7-17-8-9-19-12-14-20(15-13-19)11-10-18(4)5/h17H,6-15H2,1-5H3. The molecule has 0 aliphatic carbocycles. The van der Waals surface area contributed by atoms with Crippen molar-refractivity contribution in [2.45, 2.75) is 27.2 Å². The minimum absolute atomic E-state index is 0.449. The Hall–Kier alpha value is -0.160. The third-order valence-electron chi connectivity index (χ3n) is 3.98. The lowest BCUT2D eigenvalue weighted by Crippen LogP contribution is -2.49. The van der Waals surface area contributed by atoms with Gasteiger partial charge in [-0.25, -0.2) is 0 Å². The fraction of sp³-hybridized carbons (Fsp3) is 1.00. The van der Waals surface area contributed by atoms with Crippen LogP contribution in [0.1, 0.15) is 27.2 Å². The predicted molar refractivity (Wildman–Crippen MR) is 88.4 cm³/mol. The maximum absolute atomic E-state index is 3.58. The quantitative estimate of drug-likeness (QED) is 0.676. The van der Waals surface area contributed by atoms with Crippen molar-refractivity contribution in [3.05, 3.63) is 0 Å². The van der Waals surface area contributed by atoms with E-state index in [1.807, 2.05) is 0 Å². The summed E-state index contributed by atoms with van der Waals surface area (Å²) in [5, 5.41) is 3.58. The van der Waals surface area contributed by atoms with Crippen LogP contribution < -0.4 is 5.32 Å². The lowest BCUT2D eigenvalue weighted by Gasteiger charge is -2.35. The van der Waals surface area contributed by atoms with E-state index in [9.17, 15) is 0 Å². The number of rotatable bonds is 8. The lowest BCUT2D eigenvalue weighted by molar-refractivity contribution is 0.126. The summed E-state index contributed by atoms with van der Waals surface area (Å²) in [6.45, 7) is 17.7. The van der Waals surface area contributed by atoms with Crippen LogP contribution in [0.15, 0.2) is 0 Å². The molecule has 0 saturated carbocycles. The van der Waals surface area contributed by atoms with Gasteiger partial charge in [-0.3, -0.25) is 9.80 Å². The van der Waals surface area contributed by atoms with Gasteiger partial charge in [0.25, 0.3) is 0 Å². The molecule has 0 unspecified atom stereocenters. The van der Waals surface area contributed by atoms with E-state index < -0.39 is 0 Å². The Morgan fingerprint density at radius 3 is 1.95 bits per heavy atom. The average molecular weight is 284 g/mol.